The van der Waals surface area contributed by atoms with Crippen LogP contribution in [0.4, 0.5) is 4.79 Å². The monoisotopic (exact) mass is 157 g/mol. The molecule has 0 N–H and O–H groups in total. The van der Waals surface area contributed by atoms with Crippen LogP contribution >= 0.6 is 0 Å². The Morgan fingerprint density at radius 2 is 2.27 bits per heavy atom. The number of hydrogen-bond donors (Lipinski definition) is 0. The third-order valence-electron chi connectivity index (χ3n) is 2.00. The molecular formula is C8H15NO2. The number of carbonyl (C=O) groups is 1. The van der Waals surface area contributed by atoms with Gasteiger partial charge in [0.25, 0.3) is 0 Å². The largest absolute Gasteiger partial charge is 0.449 e. The van der Waals surface area contributed by atoms with Crippen LogP contribution in [0.1, 0.15) is 27.2 Å². The molecule has 1 atom stereocenters. The summed E-state index contributed by atoms with van der Waals surface area (Å²) in [6.45, 7) is 6.63. The summed E-state index contributed by atoms with van der Waals surface area (Å²) < 4.78 is 4.91. The van der Waals surface area contributed by atoms with Gasteiger partial charge in [-0.2, -0.15) is 0 Å². The predicted molar refractivity (Wildman–Crippen MR) is 42.4 cm³/mol. The van der Waals surface area contributed by atoms with Gasteiger partial charge in [-0.25, -0.2) is 4.79 Å². The maximum absolute atomic E-state index is 11.1. The first-order valence-electron chi connectivity index (χ1n) is 4.08. The van der Waals surface area contributed by atoms with E-state index in [0.717, 1.165) is 6.42 Å². The first-order chi connectivity index (χ1) is 5.13. The van der Waals surface area contributed by atoms with Crippen LogP contribution in [-0.4, -0.2) is 29.7 Å². The Labute approximate surface area is 67.3 Å². The lowest BCUT2D eigenvalue weighted by Crippen LogP contribution is -2.47. The minimum Gasteiger partial charge on any atom is -0.449 e. The summed E-state index contributed by atoms with van der Waals surface area (Å²) in [5.41, 5.74) is 0. The molecule has 0 radical (unpaired) electrons. The van der Waals surface area contributed by atoms with E-state index < -0.39 is 0 Å². The van der Waals surface area contributed by atoms with Gasteiger partial charge in [0.05, 0.1) is 6.61 Å². The van der Waals surface area contributed by atoms with Crippen molar-refractivity contribution in [3.05, 3.63) is 0 Å². The Morgan fingerprint density at radius 1 is 1.64 bits per heavy atom. The van der Waals surface area contributed by atoms with Crippen molar-refractivity contribution in [1.82, 2.24) is 4.90 Å². The normalized spacial score (nSPS) is 25.6. The highest BCUT2D eigenvalue weighted by atomic mass is 16.6. The second kappa shape index (κ2) is 3.11. The summed E-state index contributed by atoms with van der Waals surface area (Å²) in [6, 6.07) is 0.578. The zero-order valence-corrected chi connectivity index (χ0v) is 7.33. The van der Waals surface area contributed by atoms with Gasteiger partial charge in [0.2, 0.25) is 0 Å². The number of amides is 1. The van der Waals surface area contributed by atoms with Crippen molar-refractivity contribution in [1.29, 1.82) is 0 Å². The van der Waals surface area contributed by atoms with Gasteiger partial charge in [-0.1, -0.05) is 0 Å². The highest BCUT2D eigenvalue weighted by Gasteiger charge is 2.27. The minimum absolute atomic E-state index is 0.168. The van der Waals surface area contributed by atoms with Gasteiger partial charge in [0.1, 0.15) is 0 Å². The molecule has 3 heteroatoms. The summed E-state index contributed by atoms with van der Waals surface area (Å²) in [5, 5.41) is 0. The molecule has 0 aromatic heterocycles. The molecule has 3 nitrogen and oxygen atoms in total. The van der Waals surface area contributed by atoms with Gasteiger partial charge < -0.3 is 9.64 Å². The molecule has 1 rings (SSSR count). The molecule has 0 aromatic carbocycles. The van der Waals surface area contributed by atoms with Crippen molar-refractivity contribution in [3.8, 4) is 0 Å². The quantitative estimate of drug-likeness (QED) is 0.579. The average Bonchev–Trinajstić information content (AvgIpc) is 1.85. The maximum Gasteiger partial charge on any atom is 0.410 e. The molecule has 1 fully saturated rings. The molecule has 0 unspecified atom stereocenters. The van der Waals surface area contributed by atoms with Crippen molar-refractivity contribution in [3.63, 3.8) is 0 Å². The van der Waals surface area contributed by atoms with Crippen LogP contribution in [0.5, 0.6) is 0 Å². The molecule has 1 aliphatic rings. The molecule has 0 bridgehead atoms. The Hall–Kier alpha value is -0.730. The van der Waals surface area contributed by atoms with Gasteiger partial charge in [-0.15, -0.1) is 0 Å². The van der Waals surface area contributed by atoms with Crippen LogP contribution in [-0.2, 0) is 4.74 Å². The predicted octanol–water partition coefficient (Wildman–Crippen LogP) is 1.63. The maximum atomic E-state index is 11.1. The van der Waals surface area contributed by atoms with Gasteiger partial charge >= 0.3 is 6.09 Å². The second-order valence-corrected chi connectivity index (χ2v) is 3.25. The number of carbonyl (C=O) groups excluding carboxylic acids is 1. The molecule has 0 saturated carbocycles. The van der Waals surface area contributed by atoms with E-state index >= 15 is 0 Å². The van der Waals surface area contributed by atoms with E-state index in [0.29, 0.717) is 12.6 Å². The standard InChI is InChI=1S/C8H15NO2/c1-6(2)9-7(3)4-5-11-8(9)10/h6-7H,4-5H2,1-3H3/t7-/m0/s1. The Bertz CT molecular complexity index is 156. The summed E-state index contributed by atoms with van der Waals surface area (Å²) in [6.07, 6.45) is 0.781. The SMILES string of the molecule is CC(C)N1C(=O)OCC[C@@H]1C. The molecular weight excluding hydrogens is 142 g/mol. The molecule has 0 aliphatic carbocycles. The smallest absolute Gasteiger partial charge is 0.410 e. The molecule has 0 aromatic rings. The third-order valence-corrected chi connectivity index (χ3v) is 2.00. The molecule has 1 aliphatic heterocycles. The van der Waals surface area contributed by atoms with Crippen molar-refractivity contribution < 1.29 is 9.53 Å². The average molecular weight is 157 g/mol. The van der Waals surface area contributed by atoms with Crippen LogP contribution in [0.25, 0.3) is 0 Å². The number of hydrogen-bond acceptors (Lipinski definition) is 2. The van der Waals surface area contributed by atoms with Crippen LogP contribution in [0.2, 0.25) is 0 Å². The summed E-state index contributed by atoms with van der Waals surface area (Å²) in [5.74, 6) is 0. The van der Waals surface area contributed by atoms with Gasteiger partial charge in [-0.05, 0) is 20.8 Å². The topological polar surface area (TPSA) is 29.5 Å². The lowest BCUT2D eigenvalue weighted by molar-refractivity contribution is 0.0359. The van der Waals surface area contributed by atoms with Gasteiger partial charge in [0.15, 0.2) is 0 Å². The molecule has 11 heavy (non-hydrogen) atoms. The van der Waals surface area contributed by atoms with Crippen LogP contribution in [0, 0.1) is 0 Å². The highest BCUT2D eigenvalue weighted by molar-refractivity contribution is 5.69. The van der Waals surface area contributed by atoms with Crippen LogP contribution < -0.4 is 0 Å². The molecule has 0 spiro atoms. The number of ether oxygens (including phenoxy) is 1. The number of cyclic esters (lactones) is 1. The highest BCUT2D eigenvalue weighted by Crippen LogP contribution is 2.15. The first kappa shape index (κ1) is 8.37. The van der Waals surface area contributed by atoms with Crippen LogP contribution in [0.15, 0.2) is 0 Å². The minimum atomic E-state index is -0.168. The molecule has 64 valence electrons. The summed E-state index contributed by atoms with van der Waals surface area (Å²) in [4.78, 5) is 12.9. The summed E-state index contributed by atoms with van der Waals surface area (Å²) >= 11 is 0. The zero-order valence-electron chi connectivity index (χ0n) is 7.33. The van der Waals surface area contributed by atoms with E-state index in [1.165, 1.54) is 0 Å². The zero-order chi connectivity index (χ0) is 8.43. The van der Waals surface area contributed by atoms with Gasteiger partial charge in [-0.3, -0.25) is 0 Å². The first-order valence-corrected chi connectivity index (χ1v) is 4.08. The Morgan fingerprint density at radius 3 is 2.64 bits per heavy atom. The summed E-state index contributed by atoms with van der Waals surface area (Å²) in [7, 11) is 0. The fourth-order valence-corrected chi connectivity index (χ4v) is 1.43. The van der Waals surface area contributed by atoms with Crippen molar-refractivity contribution in [2.45, 2.75) is 39.3 Å². The molecule has 1 amide bonds. The van der Waals surface area contributed by atoms with E-state index in [9.17, 15) is 4.79 Å². The number of nitrogens with zero attached hydrogens (tertiary/aromatic N) is 1. The fraction of sp³-hybridized carbons (Fsp3) is 0.875. The Balaban J connectivity index is 2.63. The lowest BCUT2D eigenvalue weighted by Gasteiger charge is -2.35. The Kier molecular flexibility index (Phi) is 2.37. The second-order valence-electron chi connectivity index (χ2n) is 3.25. The van der Waals surface area contributed by atoms with Crippen molar-refractivity contribution in [2.75, 3.05) is 6.61 Å². The fourth-order valence-electron chi connectivity index (χ4n) is 1.43. The van der Waals surface area contributed by atoms with E-state index in [1.54, 1.807) is 4.90 Å². The van der Waals surface area contributed by atoms with E-state index in [1.807, 2.05) is 13.8 Å². The molecule has 1 saturated heterocycles. The molecule has 1 heterocycles. The van der Waals surface area contributed by atoms with Crippen molar-refractivity contribution >= 4 is 6.09 Å². The lowest BCUT2D eigenvalue weighted by atomic mass is 10.1. The number of rotatable bonds is 1. The third kappa shape index (κ3) is 1.64. The van der Waals surface area contributed by atoms with Gasteiger partial charge in [0, 0.05) is 18.5 Å². The van der Waals surface area contributed by atoms with Crippen molar-refractivity contribution in [2.24, 2.45) is 0 Å². The van der Waals surface area contributed by atoms with Crippen LogP contribution in [0.3, 0.4) is 0 Å². The van der Waals surface area contributed by atoms with E-state index in [4.69, 9.17) is 4.74 Å². The van der Waals surface area contributed by atoms with E-state index in [-0.39, 0.29) is 12.1 Å². The van der Waals surface area contributed by atoms with E-state index in [2.05, 4.69) is 6.92 Å².